The van der Waals surface area contributed by atoms with Gasteiger partial charge in [-0.25, -0.2) is 8.42 Å². The molecule has 2 saturated heterocycles. The Balaban J connectivity index is 1.37. The van der Waals surface area contributed by atoms with Crippen LogP contribution in [0.3, 0.4) is 0 Å². The third-order valence-electron chi connectivity index (χ3n) is 5.52. The van der Waals surface area contributed by atoms with Crippen molar-refractivity contribution in [2.24, 2.45) is 13.0 Å². The molecule has 6 nitrogen and oxygen atoms in total. The van der Waals surface area contributed by atoms with Crippen molar-refractivity contribution in [3.63, 3.8) is 0 Å². The van der Waals surface area contributed by atoms with Gasteiger partial charge in [0.2, 0.25) is 5.91 Å². The Morgan fingerprint density at radius 2 is 1.92 bits per heavy atom. The van der Waals surface area contributed by atoms with Gasteiger partial charge < -0.3 is 14.2 Å². The molecule has 7 heteroatoms. The average molecular weight is 376 g/mol. The topological polar surface area (TPSA) is 68.6 Å². The third-order valence-corrected chi connectivity index (χ3v) is 7.28. The molecule has 4 rings (SSSR count). The molecule has 0 aliphatic carbocycles. The lowest BCUT2D eigenvalue weighted by Crippen LogP contribution is -2.44. The minimum Gasteiger partial charge on any atom is -0.490 e. The predicted octanol–water partition coefficient (Wildman–Crippen LogP) is 1.98. The van der Waals surface area contributed by atoms with Crippen LogP contribution in [0.15, 0.2) is 30.5 Å². The van der Waals surface area contributed by atoms with Crippen molar-refractivity contribution in [1.29, 1.82) is 0 Å². The maximum atomic E-state index is 12.5. The van der Waals surface area contributed by atoms with Gasteiger partial charge in [-0.15, -0.1) is 0 Å². The van der Waals surface area contributed by atoms with E-state index in [1.165, 1.54) is 0 Å². The number of ether oxygens (including phenoxy) is 1. The minimum atomic E-state index is -3.02. The van der Waals surface area contributed by atoms with Gasteiger partial charge in [0.1, 0.15) is 11.9 Å². The summed E-state index contributed by atoms with van der Waals surface area (Å²) in [5, 5.41) is 1.10. The second-order valence-corrected chi connectivity index (χ2v) is 9.59. The molecule has 2 aliphatic rings. The molecule has 0 radical (unpaired) electrons. The first-order valence-corrected chi connectivity index (χ1v) is 10.9. The third kappa shape index (κ3) is 3.32. The Morgan fingerprint density at radius 3 is 2.62 bits per heavy atom. The molecule has 1 aromatic heterocycles. The van der Waals surface area contributed by atoms with Crippen molar-refractivity contribution < 1.29 is 17.9 Å². The smallest absolute Gasteiger partial charge is 0.226 e. The molecule has 1 unspecified atom stereocenters. The highest BCUT2D eigenvalue weighted by atomic mass is 32.2. The van der Waals surface area contributed by atoms with Crippen molar-refractivity contribution in [3.8, 4) is 5.75 Å². The molecule has 0 spiro atoms. The highest BCUT2D eigenvalue weighted by molar-refractivity contribution is 7.91. The van der Waals surface area contributed by atoms with Gasteiger partial charge in [-0.1, -0.05) is 6.07 Å². The predicted molar refractivity (Wildman–Crippen MR) is 99.9 cm³/mol. The molecule has 2 aromatic rings. The van der Waals surface area contributed by atoms with Crippen LogP contribution in [-0.4, -0.2) is 54.5 Å². The van der Waals surface area contributed by atoms with E-state index in [2.05, 4.69) is 16.7 Å². The molecule has 1 atom stereocenters. The highest BCUT2D eigenvalue weighted by Crippen LogP contribution is 2.29. The van der Waals surface area contributed by atoms with Crippen LogP contribution in [0.5, 0.6) is 5.75 Å². The first-order chi connectivity index (χ1) is 12.4. The summed E-state index contributed by atoms with van der Waals surface area (Å²) in [4.78, 5) is 14.4. The molecule has 0 N–H and O–H groups in total. The summed E-state index contributed by atoms with van der Waals surface area (Å²) in [6.07, 6.45) is 4.11. The van der Waals surface area contributed by atoms with Crippen LogP contribution >= 0.6 is 0 Å². The lowest BCUT2D eigenvalue weighted by molar-refractivity contribution is -0.136. The summed E-state index contributed by atoms with van der Waals surface area (Å²) in [5.41, 5.74) is 1.14. The number of carbonyl (C=O) groups is 1. The van der Waals surface area contributed by atoms with Gasteiger partial charge in [-0.05, 0) is 24.6 Å². The molecule has 2 fully saturated rings. The average Bonchev–Trinajstić information content (AvgIpc) is 3.18. The van der Waals surface area contributed by atoms with E-state index >= 15 is 0 Å². The van der Waals surface area contributed by atoms with Crippen molar-refractivity contribution in [2.45, 2.75) is 25.4 Å². The quantitative estimate of drug-likeness (QED) is 0.821. The standard InChI is InChI=1S/C19H24N2O4S/c1-20-9-7-16-17(20)3-2-4-18(16)25-15-5-10-21(11-6-15)19(22)14-8-12-26(23,24)13-14/h2-4,7,9,14-15H,5-6,8,10-13H2,1H3. The molecule has 0 saturated carbocycles. The van der Waals surface area contributed by atoms with Crippen molar-refractivity contribution >= 4 is 26.6 Å². The zero-order chi connectivity index (χ0) is 18.3. The fraction of sp³-hybridized carbons (Fsp3) is 0.526. The molecular weight excluding hydrogens is 352 g/mol. The Hall–Kier alpha value is -2.02. The number of hydrogen-bond donors (Lipinski definition) is 0. The number of likely N-dealkylation sites (tertiary alicyclic amines) is 1. The van der Waals surface area contributed by atoms with Crippen molar-refractivity contribution in [1.82, 2.24) is 9.47 Å². The highest BCUT2D eigenvalue weighted by Gasteiger charge is 2.36. The SMILES string of the molecule is Cn1ccc2c(OC3CCN(C(=O)C4CCS(=O)(=O)C4)CC3)cccc21. The zero-order valence-corrected chi connectivity index (χ0v) is 15.7. The lowest BCUT2D eigenvalue weighted by Gasteiger charge is -2.33. The summed E-state index contributed by atoms with van der Waals surface area (Å²) < 4.78 is 31.5. The van der Waals surface area contributed by atoms with E-state index in [1.807, 2.05) is 30.3 Å². The van der Waals surface area contributed by atoms with Crippen molar-refractivity contribution in [2.75, 3.05) is 24.6 Å². The van der Waals surface area contributed by atoms with Gasteiger partial charge >= 0.3 is 0 Å². The summed E-state index contributed by atoms with van der Waals surface area (Å²) >= 11 is 0. The second kappa shape index (κ2) is 6.61. The fourth-order valence-corrected chi connectivity index (χ4v) is 5.73. The Labute approximate surface area is 153 Å². The summed E-state index contributed by atoms with van der Waals surface area (Å²) in [5.74, 6) is 0.683. The Morgan fingerprint density at radius 1 is 1.15 bits per heavy atom. The molecule has 0 bridgehead atoms. The molecular formula is C19H24N2O4S. The number of nitrogens with zero attached hydrogens (tertiary/aromatic N) is 2. The summed E-state index contributed by atoms with van der Waals surface area (Å²) in [7, 11) is -1.01. The van der Waals surface area contributed by atoms with Crippen LogP contribution < -0.4 is 4.74 Å². The maximum Gasteiger partial charge on any atom is 0.226 e. The Bertz CT molecular complexity index is 926. The molecule has 3 heterocycles. The number of carbonyl (C=O) groups excluding carboxylic acids is 1. The maximum absolute atomic E-state index is 12.5. The van der Waals surface area contributed by atoms with Gasteiger partial charge in [0.05, 0.1) is 22.9 Å². The van der Waals surface area contributed by atoms with Crippen LogP contribution in [-0.2, 0) is 21.7 Å². The van der Waals surface area contributed by atoms with Crippen LogP contribution in [0.25, 0.3) is 10.9 Å². The molecule has 1 aromatic carbocycles. The van der Waals surface area contributed by atoms with Crippen LogP contribution in [0.4, 0.5) is 0 Å². The van der Waals surface area contributed by atoms with E-state index < -0.39 is 9.84 Å². The largest absolute Gasteiger partial charge is 0.490 e. The van der Waals surface area contributed by atoms with Gasteiger partial charge in [0.15, 0.2) is 9.84 Å². The first-order valence-electron chi connectivity index (χ1n) is 9.13. The summed E-state index contributed by atoms with van der Waals surface area (Å²) in [6, 6.07) is 8.11. The van der Waals surface area contributed by atoms with Crippen LogP contribution in [0.2, 0.25) is 0 Å². The number of aryl methyl sites for hydroxylation is 1. The second-order valence-electron chi connectivity index (χ2n) is 7.36. The van der Waals surface area contributed by atoms with E-state index in [9.17, 15) is 13.2 Å². The van der Waals surface area contributed by atoms with E-state index in [0.717, 1.165) is 29.5 Å². The number of rotatable bonds is 3. The minimum absolute atomic E-state index is 0.00492. The van der Waals surface area contributed by atoms with E-state index in [0.29, 0.717) is 19.5 Å². The van der Waals surface area contributed by atoms with Crippen LogP contribution in [0.1, 0.15) is 19.3 Å². The molecule has 1 amide bonds. The van der Waals surface area contributed by atoms with E-state index in [-0.39, 0.29) is 29.4 Å². The molecule has 26 heavy (non-hydrogen) atoms. The number of amides is 1. The monoisotopic (exact) mass is 376 g/mol. The Kier molecular flexibility index (Phi) is 4.42. The van der Waals surface area contributed by atoms with E-state index in [1.54, 1.807) is 0 Å². The molecule has 140 valence electrons. The van der Waals surface area contributed by atoms with Gasteiger partial charge in [-0.2, -0.15) is 0 Å². The number of benzene rings is 1. The van der Waals surface area contributed by atoms with Gasteiger partial charge in [0, 0.05) is 44.6 Å². The normalized spacial score (nSPS) is 23.4. The van der Waals surface area contributed by atoms with E-state index in [4.69, 9.17) is 4.74 Å². The van der Waals surface area contributed by atoms with Crippen molar-refractivity contribution in [3.05, 3.63) is 30.5 Å². The lowest BCUT2D eigenvalue weighted by atomic mass is 10.0. The van der Waals surface area contributed by atoms with Crippen LogP contribution in [0, 0.1) is 5.92 Å². The number of hydrogen-bond acceptors (Lipinski definition) is 4. The molecule has 2 aliphatic heterocycles. The number of piperidine rings is 1. The van der Waals surface area contributed by atoms with Gasteiger partial charge in [-0.3, -0.25) is 4.79 Å². The summed E-state index contributed by atoms with van der Waals surface area (Å²) in [6.45, 7) is 1.26. The zero-order valence-electron chi connectivity index (χ0n) is 14.9. The number of aromatic nitrogens is 1. The van der Waals surface area contributed by atoms with Gasteiger partial charge in [0.25, 0.3) is 0 Å². The number of fused-ring (bicyclic) bond motifs is 1. The number of sulfone groups is 1. The fourth-order valence-electron chi connectivity index (χ4n) is 4.00. The first kappa shape index (κ1) is 17.4.